The maximum atomic E-state index is 12.6. The number of fused-ring (bicyclic) bond motifs is 3. The van der Waals surface area contributed by atoms with Crippen molar-refractivity contribution < 1.29 is 19.4 Å². The lowest BCUT2D eigenvalue weighted by atomic mass is 9.45. The third kappa shape index (κ3) is 1.90. The first-order valence-electron chi connectivity index (χ1n) is 10.0. The van der Waals surface area contributed by atoms with Gasteiger partial charge in [-0.25, -0.2) is 0 Å². The van der Waals surface area contributed by atoms with Crippen molar-refractivity contribution in [2.75, 3.05) is 12.0 Å². The Bertz CT molecular complexity index is 717. The van der Waals surface area contributed by atoms with Crippen LogP contribution in [-0.4, -0.2) is 46.5 Å². The molecule has 4 aliphatic carbocycles. The van der Waals surface area contributed by atoms with Gasteiger partial charge in [-0.2, -0.15) is 11.8 Å². The molecule has 5 aliphatic rings. The maximum Gasteiger partial charge on any atom is 0.155 e. The zero-order valence-corrected chi connectivity index (χ0v) is 16.4. The topological polar surface area (TPSA) is 66.9 Å². The molecule has 1 heterocycles. The Morgan fingerprint density at radius 2 is 2.12 bits per heavy atom. The molecule has 0 aromatic heterocycles. The highest BCUT2D eigenvalue weighted by Gasteiger charge is 2.81. The first-order valence-corrected chi connectivity index (χ1v) is 11.4. The summed E-state index contributed by atoms with van der Waals surface area (Å²) >= 11 is 1.82. The molecule has 4 nitrogen and oxygen atoms in total. The second kappa shape index (κ2) is 5.45. The van der Waals surface area contributed by atoms with Crippen molar-refractivity contribution in [2.45, 2.75) is 69.7 Å². The Morgan fingerprint density at radius 3 is 2.88 bits per heavy atom. The SMILES string of the molecule is CSCC[C@]12CCC(=O)C=C1[C@H](O)CC1C3CCC(=O)[C@@]3(C)C[C@H]3O[C@@]132. The molecule has 2 unspecified atom stereocenters. The second-order valence-electron chi connectivity index (χ2n) is 9.34. The molecule has 1 N–H and O–H groups in total. The third-order valence-electron chi connectivity index (χ3n) is 8.53. The van der Waals surface area contributed by atoms with Crippen molar-refractivity contribution >= 4 is 23.3 Å². The van der Waals surface area contributed by atoms with E-state index < -0.39 is 6.10 Å². The normalized spacial score (nSPS) is 51.9. The number of ether oxygens (including phenoxy) is 1. The minimum Gasteiger partial charge on any atom is -0.389 e. The molecule has 5 heteroatoms. The van der Waals surface area contributed by atoms with Crippen LogP contribution in [0.15, 0.2) is 11.6 Å². The van der Waals surface area contributed by atoms with Gasteiger partial charge in [0.2, 0.25) is 0 Å². The molecule has 0 bridgehead atoms. The summed E-state index contributed by atoms with van der Waals surface area (Å²) < 4.78 is 6.55. The summed E-state index contributed by atoms with van der Waals surface area (Å²) in [6, 6.07) is 0. The number of carbonyl (C=O) groups is 2. The summed E-state index contributed by atoms with van der Waals surface area (Å²) in [5.41, 5.74) is 0.198. The summed E-state index contributed by atoms with van der Waals surface area (Å²) in [6.07, 6.45) is 8.77. The Hall–Kier alpha value is -0.650. The van der Waals surface area contributed by atoms with Crippen LogP contribution in [0.25, 0.3) is 0 Å². The fourth-order valence-corrected chi connectivity index (χ4v) is 7.89. The van der Waals surface area contributed by atoms with Gasteiger partial charge < -0.3 is 9.84 Å². The van der Waals surface area contributed by atoms with Crippen molar-refractivity contribution in [1.29, 1.82) is 0 Å². The molecule has 1 aliphatic heterocycles. The van der Waals surface area contributed by atoms with E-state index in [4.69, 9.17) is 4.74 Å². The van der Waals surface area contributed by atoms with Crippen molar-refractivity contribution in [3.8, 4) is 0 Å². The highest BCUT2D eigenvalue weighted by atomic mass is 32.2. The van der Waals surface area contributed by atoms with Gasteiger partial charge in [0.25, 0.3) is 0 Å². The van der Waals surface area contributed by atoms with Gasteiger partial charge in [-0.15, -0.1) is 0 Å². The van der Waals surface area contributed by atoms with Crippen LogP contribution in [0, 0.1) is 22.7 Å². The van der Waals surface area contributed by atoms with Gasteiger partial charge in [-0.3, -0.25) is 9.59 Å². The van der Waals surface area contributed by atoms with Crippen molar-refractivity contribution in [3.05, 3.63) is 11.6 Å². The van der Waals surface area contributed by atoms with Gasteiger partial charge in [-0.05, 0) is 67.6 Å². The van der Waals surface area contributed by atoms with E-state index in [1.165, 1.54) is 0 Å². The molecule has 5 rings (SSSR count). The van der Waals surface area contributed by atoms with E-state index in [0.717, 1.165) is 37.0 Å². The number of hydrogen-bond acceptors (Lipinski definition) is 5. The number of carbonyl (C=O) groups excluding carboxylic acids is 2. The van der Waals surface area contributed by atoms with E-state index in [2.05, 4.69) is 13.2 Å². The standard InChI is InChI=1S/C21H28O4S/c1-19-11-18-21(25-18)14(13(19)3-4-17(19)24)10-16(23)15-9-12(22)5-6-20(15,21)7-8-26-2/h9,13-14,16,18,23H,3-8,10-11H2,1-2H3/t13?,14?,16-,18-,19+,20-,21+/m1/s1. The summed E-state index contributed by atoms with van der Waals surface area (Å²) in [6.45, 7) is 2.13. The largest absolute Gasteiger partial charge is 0.389 e. The number of hydrogen-bond donors (Lipinski definition) is 1. The number of aliphatic hydroxyl groups excluding tert-OH is 1. The smallest absolute Gasteiger partial charge is 0.155 e. The monoisotopic (exact) mass is 376 g/mol. The zero-order chi connectivity index (χ0) is 18.3. The third-order valence-corrected chi connectivity index (χ3v) is 9.14. The van der Waals surface area contributed by atoms with Crippen LogP contribution >= 0.6 is 11.8 Å². The lowest BCUT2D eigenvalue weighted by Gasteiger charge is -2.57. The highest BCUT2D eigenvalue weighted by molar-refractivity contribution is 7.98. The predicted octanol–water partition coefficient (Wildman–Crippen LogP) is 2.92. The molecule has 26 heavy (non-hydrogen) atoms. The average molecular weight is 377 g/mol. The quantitative estimate of drug-likeness (QED) is 0.767. The minimum atomic E-state index is -0.570. The highest BCUT2D eigenvalue weighted by Crippen LogP contribution is 2.75. The molecule has 4 fully saturated rings. The van der Waals surface area contributed by atoms with E-state index in [9.17, 15) is 14.7 Å². The molecule has 1 saturated heterocycles. The summed E-state index contributed by atoms with van der Waals surface area (Å²) in [4.78, 5) is 24.8. The minimum absolute atomic E-state index is 0.113. The van der Waals surface area contributed by atoms with Crippen LogP contribution in [0.5, 0.6) is 0 Å². The molecular formula is C21H28O4S. The summed E-state index contributed by atoms with van der Waals surface area (Å²) in [5.74, 6) is 2.08. The van der Waals surface area contributed by atoms with Crippen LogP contribution in [-0.2, 0) is 14.3 Å². The molecule has 3 saturated carbocycles. The van der Waals surface area contributed by atoms with E-state index in [1.54, 1.807) is 6.08 Å². The number of rotatable bonds is 3. The number of ketones is 2. The Labute approximate surface area is 159 Å². The first-order chi connectivity index (χ1) is 12.4. The molecule has 0 radical (unpaired) electrons. The first kappa shape index (κ1) is 17.4. The Morgan fingerprint density at radius 1 is 1.31 bits per heavy atom. The number of Topliss-reactive ketones (excluding diaryl/α,β-unsaturated/α-hetero) is 1. The number of thioether (sulfide) groups is 1. The summed E-state index contributed by atoms with van der Waals surface area (Å²) in [5, 5.41) is 11.1. The summed E-state index contributed by atoms with van der Waals surface area (Å²) in [7, 11) is 0. The number of epoxide rings is 1. The predicted molar refractivity (Wildman–Crippen MR) is 99.9 cm³/mol. The molecule has 0 aromatic carbocycles. The van der Waals surface area contributed by atoms with Crippen LogP contribution in [0.1, 0.15) is 51.9 Å². The van der Waals surface area contributed by atoms with Gasteiger partial charge in [0.05, 0.1) is 12.2 Å². The van der Waals surface area contributed by atoms with E-state index in [0.29, 0.717) is 31.0 Å². The van der Waals surface area contributed by atoms with Crippen LogP contribution < -0.4 is 0 Å². The molecule has 0 amide bonds. The van der Waals surface area contributed by atoms with Crippen molar-refractivity contribution in [2.24, 2.45) is 22.7 Å². The van der Waals surface area contributed by atoms with E-state index >= 15 is 0 Å². The van der Waals surface area contributed by atoms with Crippen LogP contribution in [0.4, 0.5) is 0 Å². The molecular weight excluding hydrogens is 348 g/mol. The van der Waals surface area contributed by atoms with E-state index in [1.807, 2.05) is 11.8 Å². The zero-order valence-electron chi connectivity index (χ0n) is 15.6. The molecule has 142 valence electrons. The maximum absolute atomic E-state index is 12.6. The molecule has 1 spiro atoms. The Kier molecular flexibility index (Phi) is 3.66. The Balaban J connectivity index is 1.63. The lowest BCUT2D eigenvalue weighted by Crippen LogP contribution is -2.61. The fourth-order valence-electron chi connectivity index (χ4n) is 7.34. The number of aliphatic hydroxyl groups is 1. The van der Waals surface area contributed by atoms with Crippen LogP contribution in [0.3, 0.4) is 0 Å². The van der Waals surface area contributed by atoms with Gasteiger partial charge in [-0.1, -0.05) is 6.92 Å². The van der Waals surface area contributed by atoms with Crippen LogP contribution in [0.2, 0.25) is 0 Å². The van der Waals surface area contributed by atoms with Gasteiger partial charge in [0, 0.05) is 23.7 Å². The van der Waals surface area contributed by atoms with Gasteiger partial charge in [0.15, 0.2) is 5.78 Å². The fraction of sp³-hybridized carbons (Fsp3) is 0.810. The average Bonchev–Trinajstić information content (AvgIpc) is 3.26. The lowest BCUT2D eigenvalue weighted by molar-refractivity contribution is -0.131. The van der Waals surface area contributed by atoms with Gasteiger partial charge in [0.1, 0.15) is 11.4 Å². The molecule has 0 aromatic rings. The van der Waals surface area contributed by atoms with E-state index in [-0.39, 0.29) is 34.2 Å². The van der Waals surface area contributed by atoms with Gasteiger partial charge >= 0.3 is 0 Å². The molecule has 7 atom stereocenters. The second-order valence-corrected chi connectivity index (χ2v) is 10.3. The van der Waals surface area contributed by atoms with Crippen molar-refractivity contribution in [1.82, 2.24) is 0 Å². The van der Waals surface area contributed by atoms with Crippen molar-refractivity contribution in [3.63, 3.8) is 0 Å².